The van der Waals surface area contributed by atoms with Crippen molar-refractivity contribution in [3.63, 3.8) is 0 Å². The first kappa shape index (κ1) is 21.5. The van der Waals surface area contributed by atoms with Gasteiger partial charge in [-0.15, -0.1) is 0 Å². The Hall–Kier alpha value is -1.78. The first-order valence-corrected chi connectivity index (χ1v) is 11.5. The fourth-order valence-electron chi connectivity index (χ4n) is 2.70. The molecular weight excluding hydrogens is 375 g/mol. The van der Waals surface area contributed by atoms with Gasteiger partial charge in [0.05, 0.1) is 7.11 Å². The number of rotatable bonds is 4. The molecule has 0 unspecified atom stereocenters. The van der Waals surface area contributed by atoms with Gasteiger partial charge in [0.2, 0.25) is 0 Å². The van der Waals surface area contributed by atoms with Crippen molar-refractivity contribution in [3.8, 4) is 0 Å². The van der Waals surface area contributed by atoms with E-state index in [0.717, 1.165) is 16.8 Å². The van der Waals surface area contributed by atoms with Gasteiger partial charge in [0.15, 0.2) is 26.3 Å². The molecule has 1 N–H and O–H groups in total. The maximum absolute atomic E-state index is 15.9. The number of aromatic nitrogens is 2. The average Bonchev–Trinajstić information content (AvgIpc) is 2.77. The summed E-state index contributed by atoms with van der Waals surface area (Å²) in [6.07, 6.45) is -2.94. The van der Waals surface area contributed by atoms with E-state index in [4.69, 9.17) is 13.9 Å². The van der Waals surface area contributed by atoms with Crippen LogP contribution in [0.5, 0.6) is 0 Å². The van der Waals surface area contributed by atoms with Gasteiger partial charge in [-0.3, -0.25) is 14.3 Å². The van der Waals surface area contributed by atoms with Gasteiger partial charge in [-0.05, 0) is 25.1 Å². The number of alkyl halides is 1. The van der Waals surface area contributed by atoms with Gasteiger partial charge in [-0.25, -0.2) is 14.0 Å². The van der Waals surface area contributed by atoms with E-state index >= 15 is 4.39 Å². The van der Waals surface area contributed by atoms with Crippen molar-refractivity contribution in [1.29, 1.82) is 0 Å². The predicted molar refractivity (Wildman–Crippen MR) is 98.8 cm³/mol. The molecule has 0 amide bonds. The summed E-state index contributed by atoms with van der Waals surface area (Å²) in [5.74, 6) is -0.789. The topological polar surface area (TPSA) is 99.6 Å². The van der Waals surface area contributed by atoms with Crippen LogP contribution >= 0.6 is 0 Å². The van der Waals surface area contributed by atoms with Crippen LogP contribution in [0, 0.1) is 0 Å². The largest absolute Gasteiger partial charge is 0.467 e. The molecule has 0 radical (unpaired) electrons. The lowest BCUT2D eigenvalue weighted by Gasteiger charge is -2.41. The third kappa shape index (κ3) is 3.92. The highest BCUT2D eigenvalue weighted by atomic mass is 28.4. The number of methoxy groups -OCH3 is 1. The van der Waals surface area contributed by atoms with Crippen LogP contribution in [-0.2, 0) is 18.7 Å². The third-order valence-corrected chi connectivity index (χ3v) is 9.81. The third-order valence-electron chi connectivity index (χ3n) is 5.35. The number of ether oxygens (including phenoxy) is 2. The van der Waals surface area contributed by atoms with E-state index in [2.05, 4.69) is 4.98 Å². The highest BCUT2D eigenvalue weighted by Crippen LogP contribution is 2.47. The number of aromatic amines is 1. The summed E-state index contributed by atoms with van der Waals surface area (Å²) in [6, 6.07) is 1.08. The van der Waals surface area contributed by atoms with Gasteiger partial charge in [0.1, 0.15) is 6.10 Å². The van der Waals surface area contributed by atoms with E-state index < -0.39 is 49.6 Å². The molecule has 1 saturated heterocycles. The van der Waals surface area contributed by atoms with Gasteiger partial charge in [-0.2, -0.15) is 0 Å². The first-order valence-electron chi connectivity index (χ1n) is 8.64. The number of hydrogen-bond donors (Lipinski definition) is 1. The molecule has 2 heterocycles. The zero-order chi connectivity index (χ0) is 20.8. The molecule has 10 heteroatoms. The molecule has 8 nitrogen and oxygen atoms in total. The first-order chi connectivity index (χ1) is 12.2. The lowest BCUT2D eigenvalue weighted by molar-refractivity contribution is -0.158. The molecule has 1 fully saturated rings. The van der Waals surface area contributed by atoms with Crippen LogP contribution in [0.25, 0.3) is 0 Å². The van der Waals surface area contributed by atoms with Crippen LogP contribution in [0.3, 0.4) is 0 Å². The molecule has 0 aromatic carbocycles. The van der Waals surface area contributed by atoms with Crippen LogP contribution in [0.1, 0.15) is 33.9 Å². The Labute approximate surface area is 157 Å². The van der Waals surface area contributed by atoms with Crippen LogP contribution in [0.2, 0.25) is 18.1 Å². The average molecular weight is 402 g/mol. The molecule has 4 atom stereocenters. The van der Waals surface area contributed by atoms with Gasteiger partial charge in [0.25, 0.3) is 5.56 Å². The maximum atomic E-state index is 15.9. The molecule has 0 aliphatic carbocycles. The molecule has 1 aliphatic heterocycles. The molecule has 1 aromatic heterocycles. The van der Waals surface area contributed by atoms with E-state index in [0.29, 0.717) is 0 Å². The van der Waals surface area contributed by atoms with Gasteiger partial charge in [0, 0.05) is 12.3 Å². The van der Waals surface area contributed by atoms with E-state index in [1.807, 2.05) is 33.9 Å². The standard InChI is InChI=1S/C17H27FN2O6Si/c1-16(2,3)27(6,7)26-12-11(13(22)24-5)25-14(17(12,4)18)20-9-8-10(21)19-15(20)23/h8-9,11-12,14H,1-7H3,(H,19,21,23)/t11-,12+,14+,17+/m0/s1. The monoisotopic (exact) mass is 402 g/mol. The molecule has 27 heavy (non-hydrogen) atoms. The van der Waals surface area contributed by atoms with E-state index in [1.165, 1.54) is 14.0 Å². The van der Waals surface area contributed by atoms with Crippen molar-refractivity contribution in [2.24, 2.45) is 0 Å². The summed E-state index contributed by atoms with van der Waals surface area (Å²) in [4.78, 5) is 37.7. The van der Waals surface area contributed by atoms with Gasteiger partial charge >= 0.3 is 11.7 Å². The Bertz CT molecular complexity index is 826. The summed E-state index contributed by atoms with van der Waals surface area (Å²) in [5, 5.41) is -0.239. The summed E-state index contributed by atoms with van der Waals surface area (Å²) in [6.45, 7) is 11.0. The fourth-order valence-corrected chi connectivity index (χ4v) is 4.04. The zero-order valence-electron chi connectivity index (χ0n) is 16.7. The molecular formula is C17H27FN2O6Si. The number of carbonyl (C=O) groups excluding carboxylic acids is 1. The van der Waals surface area contributed by atoms with Gasteiger partial charge < -0.3 is 13.9 Å². The van der Waals surface area contributed by atoms with Crippen molar-refractivity contribution in [3.05, 3.63) is 33.1 Å². The summed E-state index contributed by atoms with van der Waals surface area (Å²) in [5.41, 5.74) is -3.68. The Kier molecular flexibility index (Phi) is 5.57. The highest BCUT2D eigenvalue weighted by Gasteiger charge is 2.61. The lowest BCUT2D eigenvalue weighted by atomic mass is 9.98. The zero-order valence-corrected chi connectivity index (χ0v) is 17.7. The van der Waals surface area contributed by atoms with E-state index in [1.54, 1.807) is 0 Å². The predicted octanol–water partition coefficient (Wildman–Crippen LogP) is 1.73. The van der Waals surface area contributed by atoms with Crippen molar-refractivity contribution >= 4 is 14.3 Å². The second-order valence-corrected chi connectivity index (χ2v) is 13.2. The molecule has 1 aliphatic rings. The minimum atomic E-state index is -2.49. The Balaban J connectivity index is 2.51. The Morgan fingerprint density at radius 3 is 2.44 bits per heavy atom. The number of nitrogens with one attached hydrogen (secondary N) is 1. The highest BCUT2D eigenvalue weighted by molar-refractivity contribution is 6.74. The van der Waals surface area contributed by atoms with Crippen molar-refractivity contribution in [2.75, 3.05) is 7.11 Å². The fraction of sp³-hybridized carbons (Fsp3) is 0.706. The minimum Gasteiger partial charge on any atom is -0.467 e. The van der Waals surface area contributed by atoms with Gasteiger partial charge in [-0.1, -0.05) is 20.8 Å². The second kappa shape index (κ2) is 6.99. The van der Waals surface area contributed by atoms with Crippen LogP contribution in [0.15, 0.2) is 21.9 Å². The molecule has 152 valence electrons. The number of halogens is 1. The van der Waals surface area contributed by atoms with Crippen molar-refractivity contribution in [2.45, 2.75) is 69.9 Å². The summed E-state index contributed by atoms with van der Waals surface area (Å²) in [7, 11) is -1.31. The quantitative estimate of drug-likeness (QED) is 0.608. The Morgan fingerprint density at radius 1 is 1.37 bits per heavy atom. The number of esters is 1. The lowest BCUT2D eigenvalue weighted by Crippen LogP contribution is -2.53. The normalized spacial score (nSPS) is 29.0. The number of carbonyl (C=O) groups is 1. The van der Waals surface area contributed by atoms with E-state index in [9.17, 15) is 14.4 Å². The number of hydrogen-bond acceptors (Lipinski definition) is 6. The summed E-state index contributed by atoms with van der Waals surface area (Å²) < 4.78 is 33.3. The van der Waals surface area contributed by atoms with Crippen LogP contribution in [0.4, 0.5) is 4.39 Å². The van der Waals surface area contributed by atoms with Crippen molar-refractivity contribution < 1.29 is 23.1 Å². The molecule has 2 rings (SSSR count). The van der Waals surface area contributed by atoms with E-state index in [-0.39, 0.29) is 5.04 Å². The molecule has 0 bridgehead atoms. The summed E-state index contributed by atoms with van der Waals surface area (Å²) >= 11 is 0. The molecule has 0 saturated carbocycles. The maximum Gasteiger partial charge on any atom is 0.337 e. The Morgan fingerprint density at radius 2 is 1.96 bits per heavy atom. The van der Waals surface area contributed by atoms with Crippen molar-refractivity contribution in [1.82, 2.24) is 9.55 Å². The molecule has 1 aromatic rings. The van der Waals surface area contributed by atoms with Crippen LogP contribution < -0.4 is 11.2 Å². The number of nitrogens with zero attached hydrogens (tertiary/aromatic N) is 1. The van der Waals surface area contributed by atoms with Crippen LogP contribution in [-0.4, -0.2) is 48.8 Å². The smallest absolute Gasteiger partial charge is 0.337 e. The minimum absolute atomic E-state index is 0.239. The SMILES string of the molecule is COC(=O)[C@H]1O[C@@H](n2ccc(=O)[nH]c2=O)[C@](C)(F)[C@@H]1O[Si](C)(C)C(C)(C)C. The number of H-pyrrole nitrogens is 1. The second-order valence-electron chi connectivity index (χ2n) is 8.40. The molecule has 0 spiro atoms.